The first-order chi connectivity index (χ1) is 16.4. The molecule has 192 valence electrons. The fraction of sp³-hybridized carbons (Fsp3) is 0.769. The summed E-state index contributed by atoms with van der Waals surface area (Å²) in [5.74, 6) is 0.899. The smallest absolute Gasteiger partial charge is 0.119 e. The standard InChI is InChI=1S/C26H45IO6/c1-2-3-4-5-6-7-8-25-9-11-26(12-10-25)33-24-23-32-22-21-31-20-19-30-18-17-29-16-15-28-14-13-27/h9-12H,2-8,13-24H2,1H3. The van der Waals surface area contributed by atoms with E-state index in [-0.39, 0.29) is 0 Å². The molecule has 0 aliphatic carbocycles. The fourth-order valence-electron chi connectivity index (χ4n) is 3.12. The van der Waals surface area contributed by atoms with E-state index in [4.69, 9.17) is 28.4 Å². The second-order valence-corrected chi connectivity index (χ2v) is 8.84. The van der Waals surface area contributed by atoms with E-state index in [0.717, 1.165) is 23.2 Å². The molecule has 0 saturated carbocycles. The van der Waals surface area contributed by atoms with Crippen LogP contribution in [0.15, 0.2) is 24.3 Å². The van der Waals surface area contributed by atoms with Crippen molar-refractivity contribution in [3.63, 3.8) is 0 Å². The Morgan fingerprint density at radius 2 is 1.00 bits per heavy atom. The normalized spacial score (nSPS) is 11.2. The molecule has 0 spiro atoms. The molecule has 0 aromatic heterocycles. The Hall–Kier alpha value is -0.450. The minimum Gasteiger partial charge on any atom is -0.491 e. The number of hydrogen-bond acceptors (Lipinski definition) is 6. The average molecular weight is 581 g/mol. The zero-order valence-electron chi connectivity index (χ0n) is 20.6. The number of aryl methyl sites for hydroxylation is 1. The number of unbranched alkanes of at least 4 members (excludes halogenated alkanes) is 5. The lowest BCUT2D eigenvalue weighted by Gasteiger charge is -2.09. The summed E-state index contributed by atoms with van der Waals surface area (Å²) in [6.45, 7) is 8.78. The first-order valence-corrected chi connectivity index (χ1v) is 14.1. The highest BCUT2D eigenvalue weighted by Crippen LogP contribution is 2.15. The van der Waals surface area contributed by atoms with E-state index < -0.39 is 0 Å². The van der Waals surface area contributed by atoms with Crippen molar-refractivity contribution in [3.05, 3.63) is 29.8 Å². The summed E-state index contributed by atoms with van der Waals surface area (Å²) in [6, 6.07) is 8.46. The largest absolute Gasteiger partial charge is 0.491 e. The van der Waals surface area contributed by atoms with Crippen molar-refractivity contribution in [2.45, 2.75) is 51.9 Å². The minimum absolute atomic E-state index is 0.545. The van der Waals surface area contributed by atoms with Crippen molar-refractivity contribution in [1.82, 2.24) is 0 Å². The van der Waals surface area contributed by atoms with Crippen molar-refractivity contribution in [3.8, 4) is 5.75 Å². The van der Waals surface area contributed by atoms with E-state index in [2.05, 4.69) is 53.8 Å². The summed E-state index contributed by atoms with van der Waals surface area (Å²) >= 11 is 2.29. The van der Waals surface area contributed by atoms with Gasteiger partial charge >= 0.3 is 0 Å². The lowest BCUT2D eigenvalue weighted by atomic mass is 10.0. The quantitative estimate of drug-likeness (QED) is 0.0867. The van der Waals surface area contributed by atoms with Gasteiger partial charge in [-0.05, 0) is 30.5 Å². The molecule has 0 atom stereocenters. The van der Waals surface area contributed by atoms with Gasteiger partial charge in [0.05, 0.1) is 66.1 Å². The van der Waals surface area contributed by atoms with E-state index in [1.54, 1.807) is 0 Å². The molecule has 7 heteroatoms. The van der Waals surface area contributed by atoms with Crippen molar-refractivity contribution >= 4 is 22.6 Å². The van der Waals surface area contributed by atoms with Crippen LogP contribution in [0.25, 0.3) is 0 Å². The lowest BCUT2D eigenvalue weighted by molar-refractivity contribution is -0.0117. The fourth-order valence-corrected chi connectivity index (χ4v) is 3.43. The predicted octanol–water partition coefficient (Wildman–Crippen LogP) is 5.49. The van der Waals surface area contributed by atoms with Crippen LogP contribution in [0.2, 0.25) is 0 Å². The van der Waals surface area contributed by atoms with Crippen LogP contribution in [0.1, 0.15) is 51.0 Å². The van der Waals surface area contributed by atoms with E-state index in [1.165, 1.54) is 44.1 Å². The molecule has 0 bridgehead atoms. The molecule has 0 heterocycles. The van der Waals surface area contributed by atoms with Gasteiger partial charge in [-0.3, -0.25) is 0 Å². The molecular weight excluding hydrogens is 535 g/mol. The Morgan fingerprint density at radius 1 is 0.545 bits per heavy atom. The van der Waals surface area contributed by atoms with E-state index in [0.29, 0.717) is 66.1 Å². The molecule has 0 saturated heterocycles. The molecule has 6 nitrogen and oxygen atoms in total. The summed E-state index contributed by atoms with van der Waals surface area (Å²) in [7, 11) is 0. The molecule has 1 rings (SSSR count). The van der Waals surface area contributed by atoms with Crippen LogP contribution in [0.3, 0.4) is 0 Å². The van der Waals surface area contributed by atoms with Gasteiger partial charge in [-0.25, -0.2) is 0 Å². The molecular formula is C26H45IO6. The highest BCUT2D eigenvalue weighted by atomic mass is 127. The Labute approximate surface area is 215 Å². The molecule has 33 heavy (non-hydrogen) atoms. The number of hydrogen-bond donors (Lipinski definition) is 0. The maximum absolute atomic E-state index is 5.74. The number of rotatable bonds is 25. The van der Waals surface area contributed by atoms with E-state index in [1.807, 2.05) is 0 Å². The Kier molecular flexibility index (Phi) is 22.9. The van der Waals surface area contributed by atoms with Gasteiger partial charge in [0.1, 0.15) is 12.4 Å². The molecule has 1 aromatic carbocycles. The van der Waals surface area contributed by atoms with Gasteiger partial charge < -0.3 is 28.4 Å². The lowest BCUT2D eigenvalue weighted by Crippen LogP contribution is -2.14. The van der Waals surface area contributed by atoms with Gasteiger partial charge in [-0.2, -0.15) is 0 Å². The molecule has 0 radical (unpaired) electrons. The van der Waals surface area contributed by atoms with Crippen LogP contribution in [0, 0.1) is 0 Å². The molecule has 0 amide bonds. The molecule has 1 aromatic rings. The monoisotopic (exact) mass is 580 g/mol. The summed E-state index contributed by atoms with van der Waals surface area (Å²) < 4.78 is 34.0. The van der Waals surface area contributed by atoms with Crippen LogP contribution >= 0.6 is 22.6 Å². The summed E-state index contributed by atoms with van der Waals surface area (Å²) in [5.41, 5.74) is 1.39. The van der Waals surface area contributed by atoms with Crippen molar-refractivity contribution in [2.24, 2.45) is 0 Å². The van der Waals surface area contributed by atoms with Gasteiger partial charge in [-0.1, -0.05) is 73.8 Å². The maximum atomic E-state index is 5.74. The van der Waals surface area contributed by atoms with Crippen molar-refractivity contribution in [1.29, 1.82) is 0 Å². The third-order valence-corrected chi connectivity index (χ3v) is 5.39. The molecule has 0 N–H and O–H groups in total. The Bertz CT molecular complexity index is 514. The molecule has 0 fully saturated rings. The van der Waals surface area contributed by atoms with Gasteiger partial charge in [0.2, 0.25) is 0 Å². The number of benzene rings is 1. The van der Waals surface area contributed by atoms with Gasteiger partial charge in [0.25, 0.3) is 0 Å². The highest BCUT2D eigenvalue weighted by molar-refractivity contribution is 14.1. The first kappa shape index (κ1) is 30.6. The summed E-state index contributed by atoms with van der Waals surface area (Å²) in [4.78, 5) is 0. The number of ether oxygens (including phenoxy) is 6. The SMILES string of the molecule is CCCCCCCCc1ccc(OCCOCCOCCOCCOCCOCCI)cc1. The molecule has 0 aliphatic heterocycles. The molecule has 0 aliphatic rings. The van der Waals surface area contributed by atoms with Crippen LogP contribution in [-0.2, 0) is 30.1 Å². The molecule has 0 unspecified atom stereocenters. The Morgan fingerprint density at radius 3 is 1.52 bits per heavy atom. The zero-order valence-corrected chi connectivity index (χ0v) is 22.7. The topological polar surface area (TPSA) is 55.4 Å². The third-order valence-electron chi connectivity index (χ3n) is 4.95. The number of alkyl halides is 1. The van der Waals surface area contributed by atoms with Crippen molar-refractivity contribution < 1.29 is 28.4 Å². The number of halogens is 1. The van der Waals surface area contributed by atoms with E-state index >= 15 is 0 Å². The zero-order chi connectivity index (χ0) is 23.7. The van der Waals surface area contributed by atoms with Gasteiger partial charge in [0.15, 0.2) is 0 Å². The summed E-state index contributed by atoms with van der Waals surface area (Å²) in [6.07, 6.45) is 9.16. The second kappa shape index (κ2) is 24.7. The maximum Gasteiger partial charge on any atom is 0.119 e. The van der Waals surface area contributed by atoms with Crippen LogP contribution in [0.5, 0.6) is 5.75 Å². The first-order valence-electron chi connectivity index (χ1n) is 12.5. The highest BCUT2D eigenvalue weighted by Gasteiger charge is 1.98. The second-order valence-electron chi connectivity index (χ2n) is 7.76. The average Bonchev–Trinajstić information content (AvgIpc) is 2.84. The minimum atomic E-state index is 0.545. The van der Waals surface area contributed by atoms with Gasteiger partial charge in [-0.15, -0.1) is 0 Å². The van der Waals surface area contributed by atoms with E-state index in [9.17, 15) is 0 Å². The van der Waals surface area contributed by atoms with Crippen LogP contribution in [-0.4, -0.2) is 77.1 Å². The predicted molar refractivity (Wildman–Crippen MR) is 142 cm³/mol. The summed E-state index contributed by atoms with van der Waals surface area (Å²) in [5, 5.41) is 0. The van der Waals surface area contributed by atoms with Crippen molar-refractivity contribution in [2.75, 3.05) is 77.1 Å². The Balaban J connectivity index is 1.82. The van der Waals surface area contributed by atoms with Gasteiger partial charge in [0, 0.05) is 4.43 Å². The third kappa shape index (κ3) is 20.6. The van der Waals surface area contributed by atoms with Crippen LogP contribution in [0.4, 0.5) is 0 Å². The van der Waals surface area contributed by atoms with Crippen LogP contribution < -0.4 is 4.74 Å².